The molecule has 5 nitrogen and oxygen atoms in total. The summed E-state index contributed by atoms with van der Waals surface area (Å²) in [5.41, 5.74) is 2.57. The van der Waals surface area contributed by atoms with E-state index in [-0.39, 0.29) is 5.97 Å². The van der Waals surface area contributed by atoms with Crippen LogP contribution in [0, 0.1) is 0 Å². The maximum atomic E-state index is 11.5. The minimum absolute atomic E-state index is 0.327. The average Bonchev–Trinajstić information content (AvgIpc) is 2.68. The molecule has 1 atom stereocenters. The van der Waals surface area contributed by atoms with Gasteiger partial charge in [-0.1, -0.05) is 0 Å². The van der Waals surface area contributed by atoms with Crippen LogP contribution in [-0.2, 0) is 4.74 Å². The van der Waals surface area contributed by atoms with Crippen LogP contribution in [-0.4, -0.2) is 45.9 Å². The molecule has 3 rings (SSSR count). The van der Waals surface area contributed by atoms with E-state index in [1.807, 2.05) is 48.8 Å². The van der Waals surface area contributed by atoms with Crippen molar-refractivity contribution in [3.8, 4) is 16.9 Å². The van der Waals surface area contributed by atoms with Crippen molar-refractivity contribution < 1.29 is 14.3 Å². The molecule has 0 fully saturated rings. The molecule has 0 saturated carbocycles. The predicted molar refractivity (Wildman–Crippen MR) is 98.2 cm³/mol. The van der Waals surface area contributed by atoms with E-state index in [0.29, 0.717) is 5.56 Å². The number of rotatable bonds is 5. The van der Waals surface area contributed by atoms with Gasteiger partial charge >= 0.3 is 153 Å². The topological polar surface area (TPSA) is 61.3 Å². The molecule has 0 radical (unpaired) electrons. The van der Waals surface area contributed by atoms with Gasteiger partial charge in [0.1, 0.15) is 0 Å². The summed E-state index contributed by atoms with van der Waals surface area (Å²) in [5.74, 6) is 0.495. The van der Waals surface area contributed by atoms with Crippen LogP contribution in [0.5, 0.6) is 5.75 Å². The number of hydrogen-bond acceptors (Lipinski definition) is 5. The van der Waals surface area contributed by atoms with Crippen molar-refractivity contribution in [2.75, 3.05) is 14.2 Å². The Hall–Kier alpha value is -2.65. The van der Waals surface area contributed by atoms with Crippen LogP contribution >= 0.6 is 0 Å². The first kappa shape index (κ1) is 17.2. The molecule has 6 heteroatoms. The van der Waals surface area contributed by atoms with Gasteiger partial charge in [0.2, 0.25) is 0 Å². The van der Waals surface area contributed by atoms with Gasteiger partial charge in [-0.05, 0) is 0 Å². The molecule has 0 aliphatic heterocycles. The normalized spacial score (nSPS) is 10.8. The van der Waals surface area contributed by atoms with E-state index < -0.39 is 15.8 Å². The number of carbonyl (C=O) groups is 1. The van der Waals surface area contributed by atoms with Crippen molar-refractivity contribution >= 4 is 30.7 Å². The number of aromatic nitrogens is 2. The summed E-state index contributed by atoms with van der Waals surface area (Å²) in [6.07, 6.45) is 3.69. The van der Waals surface area contributed by atoms with E-state index in [9.17, 15) is 4.79 Å². The van der Waals surface area contributed by atoms with E-state index in [4.69, 9.17) is 9.47 Å². The number of benzene rings is 2. The molecular formula is C19H17AsN2O3. The second-order valence-corrected chi connectivity index (χ2v) is 7.89. The molecule has 0 aliphatic carbocycles. The van der Waals surface area contributed by atoms with E-state index >= 15 is 0 Å². The van der Waals surface area contributed by atoms with Crippen LogP contribution < -0.4 is 13.7 Å². The van der Waals surface area contributed by atoms with Gasteiger partial charge in [0, 0.05) is 0 Å². The van der Waals surface area contributed by atoms with Crippen molar-refractivity contribution in [2.24, 2.45) is 0 Å². The van der Waals surface area contributed by atoms with E-state index in [1.165, 1.54) is 7.11 Å². The molecule has 1 unspecified atom stereocenters. The molecule has 0 aliphatic rings. The number of methoxy groups -OCH3 is 2. The van der Waals surface area contributed by atoms with Crippen LogP contribution in [0.15, 0.2) is 60.9 Å². The summed E-state index contributed by atoms with van der Waals surface area (Å²) in [4.78, 5) is 20.4. The number of carbonyl (C=O) groups excluding carboxylic acids is 1. The van der Waals surface area contributed by atoms with Crippen molar-refractivity contribution in [3.05, 3.63) is 66.5 Å². The third kappa shape index (κ3) is 4.25. The Kier molecular flexibility index (Phi) is 5.46. The quantitative estimate of drug-likeness (QED) is 0.481. The van der Waals surface area contributed by atoms with Crippen LogP contribution in [0.1, 0.15) is 10.4 Å². The van der Waals surface area contributed by atoms with Crippen LogP contribution in [0.3, 0.4) is 0 Å². The first-order valence-electron chi connectivity index (χ1n) is 7.61. The van der Waals surface area contributed by atoms with Crippen LogP contribution in [0.4, 0.5) is 0 Å². The minimum atomic E-state index is -0.643. The number of esters is 1. The Morgan fingerprint density at radius 1 is 0.880 bits per heavy atom. The monoisotopic (exact) mass is 396 g/mol. The average molecular weight is 396 g/mol. The predicted octanol–water partition coefficient (Wildman–Crippen LogP) is 1.33. The van der Waals surface area contributed by atoms with Gasteiger partial charge in [-0.15, -0.1) is 0 Å². The van der Waals surface area contributed by atoms with Crippen LogP contribution in [0.25, 0.3) is 11.1 Å². The van der Waals surface area contributed by atoms with E-state index in [2.05, 4.69) is 9.97 Å². The fourth-order valence-electron chi connectivity index (χ4n) is 2.26. The van der Waals surface area contributed by atoms with Gasteiger partial charge in [0.25, 0.3) is 0 Å². The number of hydrogen-bond donors (Lipinski definition) is 0. The van der Waals surface area contributed by atoms with Gasteiger partial charge in [-0.25, -0.2) is 0 Å². The van der Waals surface area contributed by atoms with Crippen LogP contribution in [0.2, 0.25) is 0 Å². The Morgan fingerprint density at radius 3 is 2.08 bits per heavy atom. The van der Waals surface area contributed by atoms with Gasteiger partial charge in [0.05, 0.1) is 0 Å². The Balaban J connectivity index is 1.70. The number of ether oxygens (including phenoxy) is 2. The first-order chi connectivity index (χ1) is 12.2. The zero-order valence-corrected chi connectivity index (χ0v) is 16.0. The molecule has 2 aromatic carbocycles. The van der Waals surface area contributed by atoms with Crippen molar-refractivity contribution in [3.63, 3.8) is 0 Å². The molecule has 0 amide bonds. The summed E-state index contributed by atoms with van der Waals surface area (Å²) < 4.78 is 11.9. The zero-order chi connectivity index (χ0) is 17.6. The van der Waals surface area contributed by atoms with Gasteiger partial charge in [-0.2, -0.15) is 0 Å². The Labute approximate surface area is 152 Å². The van der Waals surface area contributed by atoms with Crippen molar-refractivity contribution in [2.45, 2.75) is 0 Å². The standard InChI is InChI=1S/C19H17AsN2O3/c1-24-17-9-5-13(6-10-17)15-11-21-19(22-12-15)20-16-7-3-14(4-8-16)18(23)25-2/h3-12,20H,1-2H3. The number of nitrogens with zero attached hydrogens (tertiary/aromatic N) is 2. The third-order valence-electron chi connectivity index (χ3n) is 3.64. The third-order valence-corrected chi connectivity index (χ3v) is 5.95. The molecule has 126 valence electrons. The van der Waals surface area contributed by atoms with E-state index in [1.54, 1.807) is 19.2 Å². The molecule has 1 heterocycles. The van der Waals surface area contributed by atoms with Crippen molar-refractivity contribution in [1.82, 2.24) is 9.97 Å². The molecule has 0 spiro atoms. The Morgan fingerprint density at radius 2 is 1.52 bits per heavy atom. The SMILES string of the molecule is COC(=O)c1ccc([AsH]c2ncc(-c3ccc(OC)cc3)cn2)cc1. The summed E-state index contributed by atoms with van der Waals surface area (Å²) in [6, 6.07) is 15.2. The molecule has 0 bridgehead atoms. The molecular weight excluding hydrogens is 379 g/mol. The summed E-state index contributed by atoms with van der Waals surface area (Å²) in [5, 5.41) is 0. The Bertz CT molecular complexity index is 847. The van der Waals surface area contributed by atoms with Crippen molar-refractivity contribution in [1.29, 1.82) is 0 Å². The second-order valence-electron chi connectivity index (χ2n) is 5.22. The van der Waals surface area contributed by atoms with E-state index in [0.717, 1.165) is 25.8 Å². The first-order valence-corrected chi connectivity index (χ1v) is 9.71. The molecule has 3 aromatic rings. The second kappa shape index (κ2) is 7.95. The molecule has 1 aromatic heterocycles. The maximum absolute atomic E-state index is 11.5. The van der Waals surface area contributed by atoms with Gasteiger partial charge < -0.3 is 0 Å². The molecule has 0 N–H and O–H groups in total. The summed E-state index contributed by atoms with van der Waals surface area (Å²) in [7, 11) is 3.02. The zero-order valence-electron chi connectivity index (χ0n) is 13.9. The van der Waals surface area contributed by atoms with Gasteiger partial charge in [-0.3, -0.25) is 0 Å². The van der Waals surface area contributed by atoms with Gasteiger partial charge in [0.15, 0.2) is 0 Å². The summed E-state index contributed by atoms with van der Waals surface area (Å²) >= 11 is -0.643. The summed E-state index contributed by atoms with van der Waals surface area (Å²) in [6.45, 7) is 0. The fourth-order valence-corrected chi connectivity index (χ4v) is 4.04. The molecule has 0 saturated heterocycles. The fraction of sp³-hybridized carbons (Fsp3) is 0.105. The molecule has 25 heavy (non-hydrogen) atoms.